The zero-order chi connectivity index (χ0) is 20.7. The SMILES string of the molecule is Cc1ccc(NC(=O)CNC(=O)CN(C(=O)c2cccc(F)c2)C(C)C)cc1. The standard InChI is InChI=1S/C21H24FN3O3/c1-14(2)25(21(28)16-5-4-6-17(22)11-16)13-20(27)23-12-19(26)24-18-9-7-15(3)8-10-18/h4-11,14H,12-13H2,1-3H3,(H,23,27)(H,24,26). The third-order valence-corrected chi connectivity index (χ3v) is 4.05. The van der Waals surface area contributed by atoms with Crippen molar-refractivity contribution in [2.45, 2.75) is 26.8 Å². The summed E-state index contributed by atoms with van der Waals surface area (Å²) < 4.78 is 13.4. The fourth-order valence-electron chi connectivity index (χ4n) is 2.51. The summed E-state index contributed by atoms with van der Waals surface area (Å²) in [5.41, 5.74) is 1.87. The maximum Gasteiger partial charge on any atom is 0.254 e. The first kappa shape index (κ1) is 21.1. The van der Waals surface area contributed by atoms with Crippen molar-refractivity contribution in [2.24, 2.45) is 0 Å². The lowest BCUT2D eigenvalue weighted by molar-refractivity contribution is -0.124. The lowest BCUT2D eigenvalue weighted by atomic mass is 10.1. The van der Waals surface area contributed by atoms with Gasteiger partial charge in [-0.25, -0.2) is 4.39 Å². The van der Waals surface area contributed by atoms with E-state index in [1.165, 1.54) is 23.1 Å². The molecule has 2 N–H and O–H groups in total. The quantitative estimate of drug-likeness (QED) is 0.769. The van der Waals surface area contributed by atoms with Gasteiger partial charge in [0.05, 0.1) is 6.54 Å². The minimum atomic E-state index is -0.521. The Bertz CT molecular complexity index is 850. The summed E-state index contributed by atoms with van der Waals surface area (Å²) >= 11 is 0. The van der Waals surface area contributed by atoms with Crippen LogP contribution in [0.5, 0.6) is 0 Å². The summed E-state index contributed by atoms with van der Waals surface area (Å²) in [4.78, 5) is 38.1. The van der Waals surface area contributed by atoms with Gasteiger partial charge < -0.3 is 15.5 Å². The molecule has 0 aliphatic rings. The monoisotopic (exact) mass is 385 g/mol. The summed E-state index contributed by atoms with van der Waals surface area (Å²) in [7, 11) is 0. The van der Waals surface area contributed by atoms with Crippen LogP contribution in [-0.4, -0.2) is 41.8 Å². The Hall–Kier alpha value is -3.22. The molecule has 2 aromatic rings. The van der Waals surface area contributed by atoms with Crippen LogP contribution in [0.3, 0.4) is 0 Å². The van der Waals surface area contributed by atoms with Gasteiger partial charge in [0.25, 0.3) is 5.91 Å². The summed E-state index contributed by atoms with van der Waals surface area (Å²) in [6, 6.07) is 12.3. The molecule has 0 saturated carbocycles. The zero-order valence-electron chi connectivity index (χ0n) is 16.2. The number of nitrogens with zero attached hydrogens (tertiary/aromatic N) is 1. The Morgan fingerprint density at radius 3 is 2.32 bits per heavy atom. The second-order valence-electron chi connectivity index (χ2n) is 6.73. The number of nitrogens with one attached hydrogen (secondary N) is 2. The summed E-state index contributed by atoms with van der Waals surface area (Å²) in [5.74, 6) is -1.82. The summed E-state index contributed by atoms with van der Waals surface area (Å²) in [6.45, 7) is 5.01. The van der Waals surface area contributed by atoms with Crippen LogP contribution in [0.25, 0.3) is 0 Å². The number of amides is 3. The highest BCUT2D eigenvalue weighted by Crippen LogP contribution is 2.10. The van der Waals surface area contributed by atoms with E-state index in [1.807, 2.05) is 19.1 Å². The van der Waals surface area contributed by atoms with Gasteiger partial charge in [-0.2, -0.15) is 0 Å². The normalized spacial score (nSPS) is 10.5. The molecule has 7 heteroatoms. The minimum Gasteiger partial charge on any atom is -0.345 e. The molecule has 0 fully saturated rings. The molecule has 0 heterocycles. The lowest BCUT2D eigenvalue weighted by Gasteiger charge is -2.26. The molecule has 148 valence electrons. The van der Waals surface area contributed by atoms with Crippen LogP contribution in [0.15, 0.2) is 48.5 Å². The van der Waals surface area contributed by atoms with Crippen molar-refractivity contribution >= 4 is 23.4 Å². The average molecular weight is 385 g/mol. The number of hydrogen-bond donors (Lipinski definition) is 2. The molecular weight excluding hydrogens is 361 g/mol. The molecule has 0 atom stereocenters. The van der Waals surface area contributed by atoms with E-state index in [0.717, 1.165) is 11.6 Å². The molecule has 0 saturated heterocycles. The van der Waals surface area contributed by atoms with E-state index in [4.69, 9.17) is 0 Å². The molecule has 0 aliphatic carbocycles. The topological polar surface area (TPSA) is 78.5 Å². The molecule has 2 aromatic carbocycles. The van der Waals surface area contributed by atoms with Gasteiger partial charge in [0, 0.05) is 17.3 Å². The van der Waals surface area contributed by atoms with Crippen molar-refractivity contribution in [3.63, 3.8) is 0 Å². The fraction of sp³-hybridized carbons (Fsp3) is 0.286. The van der Waals surface area contributed by atoms with Gasteiger partial charge in [-0.15, -0.1) is 0 Å². The van der Waals surface area contributed by atoms with E-state index >= 15 is 0 Å². The molecule has 6 nitrogen and oxygen atoms in total. The third kappa shape index (κ3) is 6.19. The van der Waals surface area contributed by atoms with Crippen LogP contribution in [0.4, 0.5) is 10.1 Å². The summed E-state index contributed by atoms with van der Waals surface area (Å²) in [5, 5.41) is 5.18. The van der Waals surface area contributed by atoms with Crippen LogP contribution >= 0.6 is 0 Å². The van der Waals surface area contributed by atoms with E-state index in [2.05, 4.69) is 10.6 Å². The Labute approximate surface area is 163 Å². The smallest absolute Gasteiger partial charge is 0.254 e. The third-order valence-electron chi connectivity index (χ3n) is 4.05. The van der Waals surface area contributed by atoms with Crippen molar-refractivity contribution in [3.8, 4) is 0 Å². The van der Waals surface area contributed by atoms with E-state index in [0.29, 0.717) is 5.69 Å². The van der Waals surface area contributed by atoms with Crippen LogP contribution in [0, 0.1) is 12.7 Å². The fourth-order valence-corrected chi connectivity index (χ4v) is 2.51. The second-order valence-corrected chi connectivity index (χ2v) is 6.73. The van der Waals surface area contributed by atoms with Crippen molar-refractivity contribution < 1.29 is 18.8 Å². The van der Waals surface area contributed by atoms with Crippen LogP contribution < -0.4 is 10.6 Å². The number of aryl methyl sites for hydroxylation is 1. The maximum absolute atomic E-state index is 13.4. The zero-order valence-corrected chi connectivity index (χ0v) is 16.2. The Balaban J connectivity index is 1.90. The summed E-state index contributed by atoms with van der Waals surface area (Å²) in [6.07, 6.45) is 0. The second kappa shape index (κ2) is 9.64. The predicted octanol–water partition coefficient (Wildman–Crippen LogP) is 2.74. The molecule has 2 rings (SSSR count). The first-order valence-corrected chi connectivity index (χ1v) is 8.96. The highest BCUT2D eigenvalue weighted by molar-refractivity contribution is 5.98. The molecule has 0 aromatic heterocycles. The van der Waals surface area contributed by atoms with Gasteiger partial charge in [0.1, 0.15) is 12.4 Å². The number of rotatable bonds is 7. The van der Waals surface area contributed by atoms with Crippen molar-refractivity contribution in [1.82, 2.24) is 10.2 Å². The molecule has 0 unspecified atom stereocenters. The molecule has 3 amide bonds. The Kier molecular flexibility index (Phi) is 7.26. The molecule has 0 radical (unpaired) electrons. The van der Waals surface area contributed by atoms with Crippen LogP contribution in [0.2, 0.25) is 0 Å². The minimum absolute atomic E-state index is 0.165. The number of benzene rings is 2. The van der Waals surface area contributed by atoms with Gasteiger partial charge in [-0.3, -0.25) is 14.4 Å². The number of carbonyl (C=O) groups is 3. The predicted molar refractivity (Wildman–Crippen MR) is 105 cm³/mol. The molecule has 0 aliphatic heterocycles. The van der Waals surface area contributed by atoms with E-state index in [1.54, 1.807) is 26.0 Å². The van der Waals surface area contributed by atoms with Gasteiger partial charge in [0.15, 0.2) is 0 Å². The van der Waals surface area contributed by atoms with Crippen LogP contribution in [0.1, 0.15) is 29.8 Å². The van der Waals surface area contributed by atoms with Gasteiger partial charge >= 0.3 is 0 Å². The Morgan fingerprint density at radius 1 is 1.04 bits per heavy atom. The van der Waals surface area contributed by atoms with Crippen molar-refractivity contribution in [1.29, 1.82) is 0 Å². The van der Waals surface area contributed by atoms with Crippen molar-refractivity contribution in [3.05, 3.63) is 65.5 Å². The van der Waals surface area contributed by atoms with Gasteiger partial charge in [0.2, 0.25) is 11.8 Å². The lowest BCUT2D eigenvalue weighted by Crippen LogP contribution is -2.45. The first-order chi connectivity index (χ1) is 13.3. The van der Waals surface area contributed by atoms with Gasteiger partial charge in [-0.05, 0) is 51.1 Å². The number of hydrogen-bond acceptors (Lipinski definition) is 3. The average Bonchev–Trinajstić information content (AvgIpc) is 2.65. The molecule has 28 heavy (non-hydrogen) atoms. The molecular formula is C21H24FN3O3. The maximum atomic E-state index is 13.4. The largest absolute Gasteiger partial charge is 0.345 e. The van der Waals surface area contributed by atoms with Gasteiger partial charge in [-0.1, -0.05) is 23.8 Å². The van der Waals surface area contributed by atoms with E-state index < -0.39 is 17.6 Å². The van der Waals surface area contributed by atoms with Crippen LogP contribution in [-0.2, 0) is 9.59 Å². The number of carbonyl (C=O) groups excluding carboxylic acids is 3. The molecule has 0 spiro atoms. The van der Waals surface area contributed by atoms with E-state index in [-0.39, 0.29) is 30.6 Å². The number of halogens is 1. The van der Waals surface area contributed by atoms with E-state index in [9.17, 15) is 18.8 Å². The number of anilines is 1. The first-order valence-electron chi connectivity index (χ1n) is 8.96. The Morgan fingerprint density at radius 2 is 1.71 bits per heavy atom. The van der Waals surface area contributed by atoms with Crippen molar-refractivity contribution in [2.75, 3.05) is 18.4 Å². The highest BCUT2D eigenvalue weighted by atomic mass is 19.1. The highest BCUT2D eigenvalue weighted by Gasteiger charge is 2.22. The molecule has 0 bridgehead atoms.